The molecule has 0 fully saturated rings. The van der Waals surface area contributed by atoms with Gasteiger partial charge in [-0.15, -0.1) is 0 Å². The second-order valence-electron chi connectivity index (χ2n) is 5.02. The van der Waals surface area contributed by atoms with Crippen LogP contribution in [-0.4, -0.2) is 7.05 Å². The normalized spacial score (nSPS) is 20.8. The van der Waals surface area contributed by atoms with Gasteiger partial charge in [-0.3, -0.25) is 0 Å². The van der Waals surface area contributed by atoms with E-state index in [2.05, 4.69) is 5.32 Å². The Morgan fingerprint density at radius 3 is 2.43 bits per heavy atom. The zero-order chi connectivity index (χ0) is 15.0. The molecule has 2 unspecified atom stereocenters. The van der Waals surface area contributed by atoms with E-state index in [-0.39, 0.29) is 6.04 Å². The number of benzene rings is 2. The highest BCUT2D eigenvalue weighted by Crippen LogP contribution is 2.40. The fourth-order valence-corrected chi connectivity index (χ4v) is 2.66. The number of ether oxygens (including phenoxy) is 1. The first kappa shape index (κ1) is 13.9. The molecule has 1 aliphatic heterocycles. The average molecular weight is 293 g/mol. The molecule has 0 saturated heterocycles. The number of nitrogens with one attached hydrogen (secondary N) is 1. The van der Waals surface area contributed by atoms with E-state index in [1.54, 1.807) is 0 Å². The van der Waals surface area contributed by atoms with Crippen LogP contribution in [-0.2, 0) is 0 Å². The highest BCUT2D eigenvalue weighted by atomic mass is 19.2. The van der Waals surface area contributed by atoms with Gasteiger partial charge in [0, 0.05) is 18.0 Å². The molecule has 0 radical (unpaired) electrons. The van der Waals surface area contributed by atoms with E-state index >= 15 is 0 Å². The molecule has 0 amide bonds. The van der Waals surface area contributed by atoms with Gasteiger partial charge in [0.2, 0.25) is 0 Å². The Balaban J connectivity index is 1.98. The van der Waals surface area contributed by atoms with Gasteiger partial charge < -0.3 is 10.1 Å². The first-order chi connectivity index (χ1) is 10.1. The number of halogens is 3. The van der Waals surface area contributed by atoms with Crippen molar-refractivity contribution in [3.05, 3.63) is 65.0 Å². The van der Waals surface area contributed by atoms with Crippen LogP contribution in [0.3, 0.4) is 0 Å². The number of para-hydroxylation sites is 1. The Bertz CT molecular complexity index is 651. The molecule has 1 aliphatic rings. The van der Waals surface area contributed by atoms with Gasteiger partial charge in [0.1, 0.15) is 11.9 Å². The SMILES string of the molecule is CNC1CC(c2cc(F)c(F)c(F)c2)Oc2ccccc21. The molecule has 2 aromatic carbocycles. The summed E-state index contributed by atoms with van der Waals surface area (Å²) in [6.45, 7) is 0. The molecule has 3 rings (SSSR count). The summed E-state index contributed by atoms with van der Waals surface area (Å²) in [6, 6.07) is 9.48. The lowest BCUT2D eigenvalue weighted by molar-refractivity contribution is 0.153. The first-order valence-corrected chi connectivity index (χ1v) is 6.67. The Morgan fingerprint density at radius 1 is 1.10 bits per heavy atom. The Labute approximate surface area is 120 Å². The fraction of sp³-hybridized carbons (Fsp3) is 0.250. The third-order valence-electron chi connectivity index (χ3n) is 3.74. The molecule has 21 heavy (non-hydrogen) atoms. The molecule has 0 aliphatic carbocycles. The van der Waals surface area contributed by atoms with E-state index in [1.807, 2.05) is 31.3 Å². The molecule has 2 aromatic rings. The first-order valence-electron chi connectivity index (χ1n) is 6.67. The van der Waals surface area contributed by atoms with Crippen molar-refractivity contribution >= 4 is 0 Å². The zero-order valence-electron chi connectivity index (χ0n) is 11.4. The predicted octanol–water partition coefficient (Wildman–Crippen LogP) is 3.89. The van der Waals surface area contributed by atoms with Crippen molar-refractivity contribution < 1.29 is 17.9 Å². The van der Waals surface area contributed by atoms with Crippen LogP contribution in [0.2, 0.25) is 0 Å². The van der Waals surface area contributed by atoms with E-state index in [4.69, 9.17) is 4.74 Å². The van der Waals surface area contributed by atoms with E-state index < -0.39 is 23.6 Å². The lowest BCUT2D eigenvalue weighted by Crippen LogP contribution is -2.26. The molecule has 110 valence electrons. The maximum absolute atomic E-state index is 13.4. The molecule has 0 aromatic heterocycles. The summed E-state index contributed by atoms with van der Waals surface area (Å²) < 4.78 is 45.6. The molecule has 0 spiro atoms. The molecule has 1 N–H and O–H groups in total. The van der Waals surface area contributed by atoms with Crippen LogP contribution < -0.4 is 10.1 Å². The minimum atomic E-state index is -1.46. The van der Waals surface area contributed by atoms with E-state index in [0.29, 0.717) is 17.7 Å². The molecule has 2 atom stereocenters. The monoisotopic (exact) mass is 293 g/mol. The van der Waals surface area contributed by atoms with Crippen LogP contribution in [0.5, 0.6) is 5.75 Å². The summed E-state index contributed by atoms with van der Waals surface area (Å²) in [5, 5.41) is 3.16. The summed E-state index contributed by atoms with van der Waals surface area (Å²) in [4.78, 5) is 0. The predicted molar refractivity (Wildman–Crippen MR) is 72.5 cm³/mol. The van der Waals surface area contributed by atoms with Gasteiger partial charge in [0.25, 0.3) is 0 Å². The van der Waals surface area contributed by atoms with E-state index in [1.165, 1.54) is 0 Å². The van der Waals surface area contributed by atoms with Crippen LogP contribution in [0.25, 0.3) is 0 Å². The molecule has 0 bridgehead atoms. The maximum Gasteiger partial charge on any atom is 0.194 e. The summed E-state index contributed by atoms with van der Waals surface area (Å²) in [6.07, 6.45) is -0.0140. The van der Waals surface area contributed by atoms with Gasteiger partial charge in [0.05, 0.1) is 0 Å². The van der Waals surface area contributed by atoms with Gasteiger partial charge in [0.15, 0.2) is 17.5 Å². The Morgan fingerprint density at radius 2 is 1.76 bits per heavy atom. The van der Waals surface area contributed by atoms with E-state index in [0.717, 1.165) is 17.7 Å². The minimum Gasteiger partial charge on any atom is -0.485 e. The topological polar surface area (TPSA) is 21.3 Å². The van der Waals surface area contributed by atoms with Crippen LogP contribution in [0.4, 0.5) is 13.2 Å². The van der Waals surface area contributed by atoms with Crippen molar-refractivity contribution in [3.8, 4) is 5.75 Å². The van der Waals surface area contributed by atoms with Gasteiger partial charge in [-0.1, -0.05) is 18.2 Å². The Kier molecular flexibility index (Phi) is 3.59. The van der Waals surface area contributed by atoms with Crippen LogP contribution >= 0.6 is 0 Å². The number of fused-ring (bicyclic) bond motifs is 1. The molecular weight excluding hydrogens is 279 g/mol. The molecule has 1 heterocycles. The van der Waals surface area contributed by atoms with Crippen molar-refractivity contribution in [2.24, 2.45) is 0 Å². The van der Waals surface area contributed by atoms with Crippen molar-refractivity contribution in [1.29, 1.82) is 0 Å². The molecule has 0 saturated carbocycles. The lowest BCUT2D eigenvalue weighted by Gasteiger charge is -2.32. The van der Waals surface area contributed by atoms with Gasteiger partial charge in [-0.2, -0.15) is 0 Å². The van der Waals surface area contributed by atoms with E-state index in [9.17, 15) is 13.2 Å². The third-order valence-corrected chi connectivity index (χ3v) is 3.74. The average Bonchev–Trinajstić information content (AvgIpc) is 2.51. The fourth-order valence-electron chi connectivity index (χ4n) is 2.66. The molecule has 2 nitrogen and oxygen atoms in total. The van der Waals surface area contributed by atoms with Crippen LogP contribution in [0, 0.1) is 17.5 Å². The van der Waals surface area contributed by atoms with Crippen LogP contribution in [0.1, 0.15) is 29.7 Å². The van der Waals surface area contributed by atoms with Gasteiger partial charge >= 0.3 is 0 Å². The number of hydrogen-bond acceptors (Lipinski definition) is 2. The number of hydrogen-bond donors (Lipinski definition) is 1. The largest absolute Gasteiger partial charge is 0.485 e. The quantitative estimate of drug-likeness (QED) is 0.848. The zero-order valence-corrected chi connectivity index (χ0v) is 11.4. The summed E-state index contributed by atoms with van der Waals surface area (Å²) in [5.41, 5.74) is 1.29. The molecule has 5 heteroatoms. The van der Waals surface area contributed by atoms with Crippen molar-refractivity contribution in [2.45, 2.75) is 18.6 Å². The third kappa shape index (κ3) is 2.49. The highest BCUT2D eigenvalue weighted by molar-refractivity contribution is 5.39. The minimum absolute atomic E-state index is 0.0103. The van der Waals surface area contributed by atoms with Crippen molar-refractivity contribution in [3.63, 3.8) is 0 Å². The second kappa shape index (κ2) is 5.41. The second-order valence-corrected chi connectivity index (χ2v) is 5.02. The highest BCUT2D eigenvalue weighted by Gasteiger charge is 2.29. The smallest absolute Gasteiger partial charge is 0.194 e. The summed E-state index contributed by atoms with van der Waals surface area (Å²) in [7, 11) is 1.82. The van der Waals surface area contributed by atoms with Crippen molar-refractivity contribution in [1.82, 2.24) is 5.32 Å². The van der Waals surface area contributed by atoms with Gasteiger partial charge in [-0.05, 0) is 30.8 Å². The Hall–Kier alpha value is -2.01. The summed E-state index contributed by atoms with van der Waals surface area (Å²) in [5.74, 6) is -3.19. The van der Waals surface area contributed by atoms with Gasteiger partial charge in [-0.25, -0.2) is 13.2 Å². The standard InChI is InChI=1S/C16H14F3NO/c1-20-13-8-15(21-14-5-3-2-4-10(13)14)9-6-11(17)16(19)12(18)7-9/h2-7,13,15,20H,8H2,1H3. The lowest BCUT2D eigenvalue weighted by atomic mass is 9.93. The van der Waals surface area contributed by atoms with Crippen molar-refractivity contribution in [2.75, 3.05) is 7.05 Å². The number of rotatable bonds is 2. The van der Waals surface area contributed by atoms with Crippen LogP contribution in [0.15, 0.2) is 36.4 Å². The maximum atomic E-state index is 13.4. The molecular formula is C16H14F3NO. The summed E-state index contributed by atoms with van der Waals surface area (Å²) >= 11 is 0.